The molecule has 1 atom stereocenters. The predicted molar refractivity (Wildman–Crippen MR) is 68.3 cm³/mol. The molecule has 1 unspecified atom stereocenters. The number of rotatable bonds is 4. The monoisotopic (exact) mass is 249 g/mol. The van der Waals surface area contributed by atoms with Crippen LogP contribution in [0.15, 0.2) is 24.3 Å². The van der Waals surface area contributed by atoms with Crippen LogP contribution in [0, 0.1) is 5.92 Å². The summed E-state index contributed by atoms with van der Waals surface area (Å²) in [4.78, 5) is 11.7. The SMILES string of the molecule is CC(C)CNC1(C(=O)O)COCc2ccccc21. The van der Waals surface area contributed by atoms with Gasteiger partial charge in [0.15, 0.2) is 5.54 Å². The highest BCUT2D eigenvalue weighted by atomic mass is 16.5. The van der Waals surface area contributed by atoms with Crippen LogP contribution in [-0.2, 0) is 21.7 Å². The van der Waals surface area contributed by atoms with E-state index in [9.17, 15) is 9.90 Å². The predicted octanol–water partition coefficient (Wildman–Crippen LogP) is 1.74. The second kappa shape index (κ2) is 5.08. The molecule has 0 bridgehead atoms. The van der Waals surface area contributed by atoms with E-state index in [1.165, 1.54) is 0 Å². The van der Waals surface area contributed by atoms with Gasteiger partial charge in [-0.1, -0.05) is 38.1 Å². The largest absolute Gasteiger partial charge is 0.480 e. The molecule has 1 aliphatic heterocycles. The Morgan fingerprint density at radius 2 is 2.22 bits per heavy atom. The van der Waals surface area contributed by atoms with Gasteiger partial charge in [0.25, 0.3) is 0 Å². The van der Waals surface area contributed by atoms with Crippen LogP contribution in [0.2, 0.25) is 0 Å². The van der Waals surface area contributed by atoms with Crippen LogP contribution in [-0.4, -0.2) is 24.2 Å². The lowest BCUT2D eigenvalue weighted by atomic mass is 9.85. The van der Waals surface area contributed by atoms with Gasteiger partial charge in [-0.25, -0.2) is 4.79 Å². The van der Waals surface area contributed by atoms with Gasteiger partial charge in [-0.3, -0.25) is 5.32 Å². The van der Waals surface area contributed by atoms with Crippen molar-refractivity contribution >= 4 is 5.97 Å². The Morgan fingerprint density at radius 3 is 2.89 bits per heavy atom. The molecule has 0 fully saturated rings. The molecule has 18 heavy (non-hydrogen) atoms. The van der Waals surface area contributed by atoms with Crippen LogP contribution in [0.1, 0.15) is 25.0 Å². The molecule has 1 heterocycles. The summed E-state index contributed by atoms with van der Waals surface area (Å²) in [5, 5.41) is 12.8. The molecule has 1 aromatic carbocycles. The second-order valence-electron chi connectivity index (χ2n) is 5.14. The molecule has 0 saturated heterocycles. The van der Waals surface area contributed by atoms with Crippen molar-refractivity contribution < 1.29 is 14.6 Å². The Morgan fingerprint density at radius 1 is 1.50 bits per heavy atom. The van der Waals surface area contributed by atoms with Crippen LogP contribution in [0.25, 0.3) is 0 Å². The van der Waals surface area contributed by atoms with Crippen molar-refractivity contribution in [2.24, 2.45) is 5.92 Å². The first-order valence-electron chi connectivity index (χ1n) is 6.21. The third-order valence-electron chi connectivity index (χ3n) is 3.23. The second-order valence-corrected chi connectivity index (χ2v) is 5.14. The first kappa shape index (κ1) is 13.1. The summed E-state index contributed by atoms with van der Waals surface area (Å²) in [5.41, 5.74) is 0.658. The minimum Gasteiger partial charge on any atom is -0.480 e. The fourth-order valence-electron chi connectivity index (χ4n) is 2.23. The zero-order valence-electron chi connectivity index (χ0n) is 10.8. The van der Waals surface area contributed by atoms with Crippen LogP contribution < -0.4 is 5.32 Å². The number of carboxylic acid groups (broad SMARTS) is 1. The molecule has 2 rings (SSSR count). The van der Waals surface area contributed by atoms with E-state index in [0.29, 0.717) is 19.1 Å². The average Bonchev–Trinajstić information content (AvgIpc) is 2.36. The molecule has 4 heteroatoms. The van der Waals surface area contributed by atoms with E-state index in [0.717, 1.165) is 11.1 Å². The quantitative estimate of drug-likeness (QED) is 0.853. The Kier molecular flexibility index (Phi) is 3.68. The van der Waals surface area contributed by atoms with Crippen molar-refractivity contribution in [2.75, 3.05) is 13.2 Å². The summed E-state index contributed by atoms with van der Waals surface area (Å²) < 4.78 is 5.46. The number of hydrogen-bond donors (Lipinski definition) is 2. The van der Waals surface area contributed by atoms with Crippen molar-refractivity contribution in [1.82, 2.24) is 5.32 Å². The number of nitrogens with one attached hydrogen (secondary N) is 1. The van der Waals surface area contributed by atoms with E-state index < -0.39 is 11.5 Å². The first-order chi connectivity index (χ1) is 8.56. The molecule has 1 aromatic rings. The van der Waals surface area contributed by atoms with E-state index in [1.807, 2.05) is 24.3 Å². The molecule has 0 aliphatic carbocycles. The van der Waals surface area contributed by atoms with Gasteiger partial charge in [0.05, 0.1) is 13.2 Å². The van der Waals surface area contributed by atoms with Crippen LogP contribution in [0.5, 0.6) is 0 Å². The standard InChI is InChI=1S/C14H19NO3/c1-10(2)7-15-14(13(16)17)9-18-8-11-5-3-4-6-12(11)14/h3-6,10,15H,7-9H2,1-2H3,(H,16,17). The smallest absolute Gasteiger partial charge is 0.331 e. The van der Waals surface area contributed by atoms with Gasteiger partial charge < -0.3 is 9.84 Å². The zero-order valence-corrected chi connectivity index (χ0v) is 10.8. The zero-order chi connectivity index (χ0) is 13.2. The molecule has 1 aliphatic rings. The summed E-state index contributed by atoms with van der Waals surface area (Å²) >= 11 is 0. The number of benzene rings is 1. The van der Waals surface area contributed by atoms with E-state index in [4.69, 9.17) is 4.74 Å². The Bertz CT molecular complexity index is 444. The molecule has 0 spiro atoms. The number of fused-ring (bicyclic) bond motifs is 1. The lowest BCUT2D eigenvalue weighted by Crippen LogP contribution is -2.55. The molecule has 0 aromatic heterocycles. The minimum absolute atomic E-state index is 0.173. The van der Waals surface area contributed by atoms with E-state index >= 15 is 0 Å². The van der Waals surface area contributed by atoms with Gasteiger partial charge in [0.1, 0.15) is 0 Å². The highest BCUT2D eigenvalue weighted by Gasteiger charge is 2.44. The number of ether oxygens (including phenoxy) is 1. The van der Waals surface area contributed by atoms with Gasteiger partial charge >= 0.3 is 5.97 Å². The maximum absolute atomic E-state index is 11.7. The highest BCUT2D eigenvalue weighted by Crippen LogP contribution is 2.30. The normalized spacial score (nSPS) is 22.8. The molecule has 0 radical (unpaired) electrons. The van der Waals surface area contributed by atoms with Crippen LogP contribution in [0.3, 0.4) is 0 Å². The molecule has 4 nitrogen and oxygen atoms in total. The van der Waals surface area contributed by atoms with Gasteiger partial charge in [-0.2, -0.15) is 0 Å². The van der Waals surface area contributed by atoms with E-state index in [1.54, 1.807) is 0 Å². The number of aliphatic carboxylic acids is 1. The third kappa shape index (κ3) is 2.26. The molecule has 2 N–H and O–H groups in total. The van der Waals surface area contributed by atoms with Gasteiger partial charge in [-0.05, 0) is 23.6 Å². The van der Waals surface area contributed by atoms with Gasteiger partial charge in [-0.15, -0.1) is 0 Å². The fraction of sp³-hybridized carbons (Fsp3) is 0.500. The number of hydrogen-bond acceptors (Lipinski definition) is 3. The average molecular weight is 249 g/mol. The Balaban J connectivity index is 2.39. The first-order valence-corrected chi connectivity index (χ1v) is 6.21. The lowest BCUT2D eigenvalue weighted by molar-refractivity contribution is -0.150. The summed E-state index contributed by atoms with van der Waals surface area (Å²) in [6, 6.07) is 7.57. The van der Waals surface area contributed by atoms with Crippen molar-refractivity contribution in [3.8, 4) is 0 Å². The molecule has 98 valence electrons. The fourth-order valence-corrected chi connectivity index (χ4v) is 2.23. The molecular weight excluding hydrogens is 230 g/mol. The minimum atomic E-state index is -1.11. The third-order valence-corrected chi connectivity index (χ3v) is 3.23. The molecule has 0 saturated carbocycles. The summed E-state index contributed by atoms with van der Waals surface area (Å²) in [6.07, 6.45) is 0. The number of carbonyl (C=O) groups is 1. The maximum atomic E-state index is 11.7. The van der Waals surface area contributed by atoms with Crippen molar-refractivity contribution in [1.29, 1.82) is 0 Å². The maximum Gasteiger partial charge on any atom is 0.331 e. The lowest BCUT2D eigenvalue weighted by Gasteiger charge is -2.36. The Labute approximate surface area is 107 Å². The molecule has 0 amide bonds. The summed E-state index contributed by atoms with van der Waals surface area (Å²) in [7, 11) is 0. The highest BCUT2D eigenvalue weighted by molar-refractivity contribution is 5.82. The van der Waals surface area contributed by atoms with Crippen LogP contribution >= 0.6 is 0 Å². The number of carboxylic acids is 1. The van der Waals surface area contributed by atoms with E-state index in [2.05, 4.69) is 19.2 Å². The van der Waals surface area contributed by atoms with Crippen molar-refractivity contribution in [3.05, 3.63) is 35.4 Å². The van der Waals surface area contributed by atoms with Crippen molar-refractivity contribution in [2.45, 2.75) is 26.0 Å². The summed E-state index contributed by atoms with van der Waals surface area (Å²) in [5.74, 6) is -0.495. The van der Waals surface area contributed by atoms with Crippen LogP contribution in [0.4, 0.5) is 0 Å². The Hall–Kier alpha value is -1.39. The molecular formula is C14H19NO3. The summed E-state index contributed by atoms with van der Waals surface area (Å²) in [6.45, 7) is 5.40. The van der Waals surface area contributed by atoms with Crippen molar-refractivity contribution in [3.63, 3.8) is 0 Å². The van der Waals surface area contributed by atoms with Gasteiger partial charge in [0, 0.05) is 0 Å². The van der Waals surface area contributed by atoms with Gasteiger partial charge in [0.2, 0.25) is 0 Å². The van der Waals surface area contributed by atoms with E-state index in [-0.39, 0.29) is 6.61 Å². The topological polar surface area (TPSA) is 58.6 Å².